The second-order valence-corrected chi connectivity index (χ2v) is 8.20. The lowest BCUT2D eigenvalue weighted by Gasteiger charge is -2.36. The molecule has 0 bridgehead atoms. The van der Waals surface area contributed by atoms with Gasteiger partial charge in [0.25, 0.3) is 5.89 Å². The van der Waals surface area contributed by atoms with E-state index in [0.29, 0.717) is 43.1 Å². The van der Waals surface area contributed by atoms with E-state index in [9.17, 15) is 8.42 Å². The lowest BCUT2D eigenvalue weighted by molar-refractivity contribution is 0.172. The summed E-state index contributed by atoms with van der Waals surface area (Å²) < 4.78 is 39.8. The molecule has 2 aliphatic rings. The highest BCUT2D eigenvalue weighted by atomic mass is 32.2. The first-order chi connectivity index (χ1) is 11.0. The molecule has 122 valence electrons. The summed E-state index contributed by atoms with van der Waals surface area (Å²) in [5.74, 6) is 1.65. The van der Waals surface area contributed by atoms with E-state index in [4.69, 9.17) is 14.0 Å². The highest BCUT2D eigenvalue weighted by Gasteiger charge is 2.51. The Morgan fingerprint density at radius 2 is 1.96 bits per heavy atom. The first-order valence-corrected chi connectivity index (χ1v) is 9.33. The summed E-state index contributed by atoms with van der Waals surface area (Å²) in [6.07, 6.45) is 3.12. The SMILES string of the molecule is CS(=O)(=O)C1(c2noc(-c3cccc4c3OCCO4)n2)CCC1. The fraction of sp³-hybridized carbons (Fsp3) is 0.467. The van der Waals surface area contributed by atoms with Crippen LogP contribution in [0.5, 0.6) is 11.5 Å². The van der Waals surface area contributed by atoms with Gasteiger partial charge in [-0.05, 0) is 31.4 Å². The number of nitrogens with zero attached hydrogens (tertiary/aromatic N) is 2. The summed E-state index contributed by atoms with van der Waals surface area (Å²) in [5, 5.41) is 3.94. The van der Waals surface area contributed by atoms with Gasteiger partial charge in [0, 0.05) is 6.26 Å². The van der Waals surface area contributed by atoms with Gasteiger partial charge in [0.2, 0.25) is 0 Å². The highest BCUT2D eigenvalue weighted by Crippen LogP contribution is 2.47. The van der Waals surface area contributed by atoms with Crippen molar-refractivity contribution in [2.75, 3.05) is 19.5 Å². The Balaban J connectivity index is 1.78. The summed E-state index contributed by atoms with van der Waals surface area (Å²) >= 11 is 0. The Bertz CT molecular complexity index is 855. The van der Waals surface area contributed by atoms with Crippen LogP contribution in [0.15, 0.2) is 22.7 Å². The number of hydrogen-bond acceptors (Lipinski definition) is 7. The maximum Gasteiger partial charge on any atom is 0.261 e. The van der Waals surface area contributed by atoms with Gasteiger partial charge in [0.15, 0.2) is 27.2 Å². The van der Waals surface area contributed by atoms with Crippen LogP contribution in [0, 0.1) is 0 Å². The summed E-state index contributed by atoms with van der Waals surface area (Å²) in [6.45, 7) is 0.932. The molecule has 2 aromatic rings. The first-order valence-electron chi connectivity index (χ1n) is 7.44. The molecular weight excluding hydrogens is 320 g/mol. The molecular formula is C15H16N2O5S. The fourth-order valence-electron chi connectivity index (χ4n) is 3.02. The van der Waals surface area contributed by atoms with E-state index in [1.807, 2.05) is 6.07 Å². The topological polar surface area (TPSA) is 91.5 Å². The third-order valence-electron chi connectivity index (χ3n) is 4.50. The van der Waals surface area contributed by atoms with Gasteiger partial charge in [-0.1, -0.05) is 11.2 Å². The molecule has 0 amide bonds. The van der Waals surface area contributed by atoms with E-state index in [1.54, 1.807) is 12.1 Å². The summed E-state index contributed by atoms with van der Waals surface area (Å²) in [7, 11) is -3.31. The van der Waals surface area contributed by atoms with Crippen LogP contribution < -0.4 is 9.47 Å². The number of hydrogen-bond donors (Lipinski definition) is 0. The van der Waals surface area contributed by atoms with E-state index in [-0.39, 0.29) is 11.7 Å². The fourth-order valence-corrected chi connectivity index (χ4v) is 4.46. The third kappa shape index (κ3) is 2.12. The minimum atomic E-state index is -3.31. The predicted octanol–water partition coefficient (Wildman–Crippen LogP) is 1.93. The molecule has 2 heterocycles. The second kappa shape index (κ2) is 4.95. The Morgan fingerprint density at radius 1 is 1.17 bits per heavy atom. The van der Waals surface area contributed by atoms with E-state index in [1.165, 1.54) is 6.26 Å². The Hall–Kier alpha value is -2.09. The average molecular weight is 336 g/mol. The largest absolute Gasteiger partial charge is 0.486 e. The summed E-state index contributed by atoms with van der Waals surface area (Å²) in [4.78, 5) is 4.36. The molecule has 1 fully saturated rings. The van der Waals surface area contributed by atoms with Crippen molar-refractivity contribution in [2.24, 2.45) is 0 Å². The van der Waals surface area contributed by atoms with E-state index < -0.39 is 14.6 Å². The van der Waals surface area contributed by atoms with Gasteiger partial charge < -0.3 is 14.0 Å². The quantitative estimate of drug-likeness (QED) is 0.845. The smallest absolute Gasteiger partial charge is 0.261 e. The molecule has 1 aliphatic heterocycles. The van der Waals surface area contributed by atoms with E-state index >= 15 is 0 Å². The van der Waals surface area contributed by atoms with Crippen LogP contribution in [-0.4, -0.2) is 38.0 Å². The summed E-state index contributed by atoms with van der Waals surface area (Å²) in [6, 6.07) is 5.40. The molecule has 0 N–H and O–H groups in total. The standard InChI is InChI=1S/C15H16N2O5S/c1-23(18,19)15(6-3-7-15)14-16-13(22-17-14)10-4-2-5-11-12(10)21-9-8-20-11/h2,4-5H,3,6-9H2,1H3. The third-order valence-corrected chi connectivity index (χ3v) is 6.51. The van der Waals surface area contributed by atoms with Crippen LogP contribution in [0.4, 0.5) is 0 Å². The number of para-hydroxylation sites is 1. The van der Waals surface area contributed by atoms with Crippen LogP contribution in [0.25, 0.3) is 11.5 Å². The number of ether oxygens (including phenoxy) is 2. The van der Waals surface area contributed by atoms with Crippen LogP contribution in [0.3, 0.4) is 0 Å². The molecule has 7 nitrogen and oxygen atoms in total. The molecule has 8 heteroatoms. The molecule has 1 saturated carbocycles. The van der Waals surface area contributed by atoms with Crippen molar-refractivity contribution in [3.63, 3.8) is 0 Å². The lowest BCUT2D eigenvalue weighted by Crippen LogP contribution is -2.42. The number of benzene rings is 1. The molecule has 23 heavy (non-hydrogen) atoms. The van der Waals surface area contributed by atoms with Crippen LogP contribution >= 0.6 is 0 Å². The van der Waals surface area contributed by atoms with Crippen molar-refractivity contribution in [1.29, 1.82) is 0 Å². The van der Waals surface area contributed by atoms with Crippen molar-refractivity contribution < 1.29 is 22.4 Å². The second-order valence-electron chi connectivity index (χ2n) is 5.87. The average Bonchev–Trinajstić information content (AvgIpc) is 2.93. The molecule has 0 radical (unpaired) electrons. The van der Waals surface area contributed by atoms with Gasteiger partial charge in [-0.25, -0.2) is 8.42 Å². The molecule has 0 saturated heterocycles. The maximum absolute atomic E-state index is 12.1. The van der Waals surface area contributed by atoms with Gasteiger partial charge in [0.05, 0.1) is 5.56 Å². The minimum Gasteiger partial charge on any atom is -0.486 e. The molecule has 0 unspecified atom stereocenters. The molecule has 0 spiro atoms. The zero-order valence-electron chi connectivity index (χ0n) is 12.6. The zero-order chi connectivity index (χ0) is 16.1. The zero-order valence-corrected chi connectivity index (χ0v) is 13.4. The Morgan fingerprint density at radius 3 is 2.65 bits per heavy atom. The van der Waals surface area contributed by atoms with Gasteiger partial charge in [-0.15, -0.1) is 0 Å². The van der Waals surface area contributed by atoms with Crippen molar-refractivity contribution in [1.82, 2.24) is 10.1 Å². The minimum absolute atomic E-state index is 0.232. The monoisotopic (exact) mass is 336 g/mol. The van der Waals surface area contributed by atoms with Crippen molar-refractivity contribution >= 4 is 9.84 Å². The van der Waals surface area contributed by atoms with Crippen LogP contribution in [0.1, 0.15) is 25.1 Å². The first kappa shape index (κ1) is 14.5. The van der Waals surface area contributed by atoms with Crippen LogP contribution in [-0.2, 0) is 14.6 Å². The number of fused-ring (bicyclic) bond motifs is 1. The number of sulfone groups is 1. The Kier molecular flexibility index (Phi) is 3.12. The van der Waals surface area contributed by atoms with E-state index in [0.717, 1.165) is 6.42 Å². The summed E-state index contributed by atoms with van der Waals surface area (Å²) in [5.41, 5.74) is 0.615. The van der Waals surface area contributed by atoms with Gasteiger partial charge in [-0.3, -0.25) is 0 Å². The van der Waals surface area contributed by atoms with Crippen LogP contribution in [0.2, 0.25) is 0 Å². The number of rotatable bonds is 3. The highest BCUT2D eigenvalue weighted by molar-refractivity contribution is 7.91. The predicted molar refractivity (Wildman–Crippen MR) is 81.1 cm³/mol. The van der Waals surface area contributed by atoms with E-state index in [2.05, 4.69) is 10.1 Å². The van der Waals surface area contributed by atoms with Crippen molar-refractivity contribution in [3.05, 3.63) is 24.0 Å². The van der Waals surface area contributed by atoms with Crippen molar-refractivity contribution in [2.45, 2.75) is 24.0 Å². The number of aromatic nitrogens is 2. The van der Waals surface area contributed by atoms with Gasteiger partial charge in [0.1, 0.15) is 18.0 Å². The molecule has 1 aromatic heterocycles. The lowest BCUT2D eigenvalue weighted by atomic mass is 9.83. The maximum atomic E-state index is 12.1. The van der Waals surface area contributed by atoms with Crippen molar-refractivity contribution in [3.8, 4) is 23.0 Å². The van der Waals surface area contributed by atoms with Gasteiger partial charge in [-0.2, -0.15) is 4.98 Å². The van der Waals surface area contributed by atoms with Gasteiger partial charge >= 0.3 is 0 Å². The Labute approximate surface area is 133 Å². The normalized spacial score (nSPS) is 19.2. The molecule has 1 aromatic carbocycles. The molecule has 0 atom stereocenters. The molecule has 1 aliphatic carbocycles. The molecule has 4 rings (SSSR count).